The summed E-state index contributed by atoms with van der Waals surface area (Å²) in [5, 5.41) is 4.56. The fourth-order valence-corrected chi connectivity index (χ4v) is 3.08. The third-order valence-corrected chi connectivity index (χ3v) is 4.96. The van der Waals surface area contributed by atoms with E-state index in [0.717, 1.165) is 17.2 Å². The minimum absolute atomic E-state index is 0.790. The summed E-state index contributed by atoms with van der Waals surface area (Å²) in [5.41, 5.74) is 0. The van der Waals surface area contributed by atoms with Gasteiger partial charge in [-0.15, -0.1) is 0 Å². The molecule has 2 atom stereocenters. The van der Waals surface area contributed by atoms with E-state index in [4.69, 9.17) is 0 Å². The second-order valence-electron chi connectivity index (χ2n) is 4.80. The quantitative estimate of drug-likeness (QED) is 0.681. The Hall–Kier alpha value is 0.310. The van der Waals surface area contributed by atoms with Crippen molar-refractivity contribution in [3.8, 4) is 0 Å². The smallest absolute Gasteiger partial charge is 0.0186 e. The molecule has 1 rings (SSSR count). The third kappa shape index (κ3) is 4.78. The first-order chi connectivity index (χ1) is 7.27. The molecule has 2 heteroatoms. The normalized spacial score (nSPS) is 21.0. The second kappa shape index (κ2) is 7.56. The van der Waals surface area contributed by atoms with Crippen LogP contribution in [0, 0.1) is 5.92 Å². The summed E-state index contributed by atoms with van der Waals surface area (Å²) in [5.74, 6) is 2.30. The van der Waals surface area contributed by atoms with Gasteiger partial charge in [-0.1, -0.05) is 27.2 Å². The molecule has 0 spiro atoms. The molecule has 1 nitrogen and oxygen atoms in total. The Morgan fingerprint density at radius 2 is 2.07 bits per heavy atom. The lowest BCUT2D eigenvalue weighted by atomic mass is 9.80. The van der Waals surface area contributed by atoms with Gasteiger partial charge in [-0.2, -0.15) is 11.8 Å². The van der Waals surface area contributed by atoms with Crippen LogP contribution in [-0.4, -0.2) is 23.6 Å². The molecule has 2 unspecified atom stereocenters. The molecule has 0 aromatic carbocycles. The van der Waals surface area contributed by atoms with Crippen LogP contribution in [0.15, 0.2) is 0 Å². The Morgan fingerprint density at radius 1 is 1.33 bits per heavy atom. The molecule has 0 bridgehead atoms. The summed E-state index contributed by atoms with van der Waals surface area (Å²) in [6.07, 6.45) is 6.95. The third-order valence-electron chi connectivity index (χ3n) is 3.51. The van der Waals surface area contributed by atoms with Crippen LogP contribution in [-0.2, 0) is 0 Å². The van der Waals surface area contributed by atoms with Crippen LogP contribution in [0.5, 0.6) is 0 Å². The van der Waals surface area contributed by atoms with Crippen molar-refractivity contribution in [2.24, 2.45) is 5.92 Å². The van der Waals surface area contributed by atoms with Crippen molar-refractivity contribution in [3.05, 3.63) is 0 Å². The molecule has 0 radical (unpaired) electrons. The minimum atomic E-state index is 0.790. The Balaban J connectivity index is 2.21. The summed E-state index contributed by atoms with van der Waals surface area (Å²) in [6, 6.07) is 0.790. The molecular weight excluding hydrogens is 202 g/mol. The molecule has 0 amide bonds. The highest BCUT2D eigenvalue weighted by atomic mass is 32.2. The van der Waals surface area contributed by atoms with E-state index in [1.54, 1.807) is 0 Å². The van der Waals surface area contributed by atoms with E-state index in [1.807, 2.05) is 0 Å². The number of hydrogen-bond acceptors (Lipinski definition) is 2. The first-order valence-electron chi connectivity index (χ1n) is 6.62. The molecule has 1 aliphatic carbocycles. The van der Waals surface area contributed by atoms with Crippen molar-refractivity contribution < 1.29 is 0 Å². The fraction of sp³-hybridized carbons (Fsp3) is 1.00. The van der Waals surface area contributed by atoms with Gasteiger partial charge in [-0.3, -0.25) is 0 Å². The van der Waals surface area contributed by atoms with Crippen molar-refractivity contribution in [2.45, 2.75) is 64.2 Å². The molecule has 0 aromatic rings. The first-order valence-corrected chi connectivity index (χ1v) is 7.67. The summed E-state index contributed by atoms with van der Waals surface area (Å²) in [7, 11) is 0. The van der Waals surface area contributed by atoms with E-state index in [-0.39, 0.29) is 0 Å². The maximum atomic E-state index is 3.73. The maximum Gasteiger partial charge on any atom is 0.0186 e. The van der Waals surface area contributed by atoms with E-state index in [2.05, 4.69) is 37.8 Å². The Kier molecular flexibility index (Phi) is 6.74. The first kappa shape index (κ1) is 13.4. The van der Waals surface area contributed by atoms with Crippen LogP contribution in [0.4, 0.5) is 0 Å². The van der Waals surface area contributed by atoms with Crippen molar-refractivity contribution in [1.29, 1.82) is 0 Å². The number of rotatable bonds is 8. The van der Waals surface area contributed by atoms with Crippen LogP contribution in [0.2, 0.25) is 0 Å². The number of hydrogen-bond donors (Lipinski definition) is 1. The molecule has 1 fully saturated rings. The predicted octanol–water partition coefficient (Wildman–Crippen LogP) is 3.69. The van der Waals surface area contributed by atoms with E-state index in [9.17, 15) is 0 Å². The lowest BCUT2D eigenvalue weighted by Crippen LogP contribution is -2.42. The lowest BCUT2D eigenvalue weighted by Gasteiger charge is -2.34. The summed E-state index contributed by atoms with van der Waals surface area (Å²) in [6.45, 7) is 8.09. The summed E-state index contributed by atoms with van der Waals surface area (Å²) >= 11 is 2.15. The van der Waals surface area contributed by atoms with Gasteiger partial charge in [0.25, 0.3) is 0 Å². The van der Waals surface area contributed by atoms with Crippen LogP contribution in [0.25, 0.3) is 0 Å². The second-order valence-corrected chi connectivity index (χ2v) is 6.28. The molecule has 1 N–H and O–H groups in total. The van der Waals surface area contributed by atoms with Gasteiger partial charge in [-0.25, -0.2) is 0 Å². The molecule has 1 saturated carbocycles. The summed E-state index contributed by atoms with van der Waals surface area (Å²) in [4.78, 5) is 0. The van der Waals surface area contributed by atoms with Crippen molar-refractivity contribution in [1.82, 2.24) is 5.32 Å². The van der Waals surface area contributed by atoms with Gasteiger partial charge in [-0.05, 0) is 38.1 Å². The molecule has 0 heterocycles. The Labute approximate surface area is 99.8 Å². The van der Waals surface area contributed by atoms with Crippen molar-refractivity contribution in [3.63, 3.8) is 0 Å². The predicted molar refractivity (Wildman–Crippen MR) is 71.6 cm³/mol. The van der Waals surface area contributed by atoms with E-state index in [0.29, 0.717) is 0 Å². The van der Waals surface area contributed by atoms with Crippen LogP contribution < -0.4 is 5.32 Å². The van der Waals surface area contributed by atoms with E-state index in [1.165, 1.54) is 44.4 Å². The van der Waals surface area contributed by atoms with Gasteiger partial charge in [0.05, 0.1) is 0 Å². The highest BCUT2D eigenvalue weighted by Crippen LogP contribution is 2.31. The fourth-order valence-electron chi connectivity index (χ4n) is 1.92. The number of nitrogens with one attached hydrogen (secondary N) is 1. The lowest BCUT2D eigenvalue weighted by molar-refractivity contribution is 0.244. The van der Waals surface area contributed by atoms with Crippen LogP contribution in [0.3, 0.4) is 0 Å². The highest BCUT2D eigenvalue weighted by molar-refractivity contribution is 7.99. The van der Waals surface area contributed by atoms with Gasteiger partial charge < -0.3 is 5.32 Å². The zero-order chi connectivity index (χ0) is 11.1. The zero-order valence-electron chi connectivity index (χ0n) is 10.6. The average molecular weight is 229 g/mol. The molecule has 0 saturated heterocycles. The SMILES string of the molecule is CCCNC(CSC(C)CC)C1CCC1. The Bertz CT molecular complexity index is 157. The molecular formula is C13H27NS. The zero-order valence-corrected chi connectivity index (χ0v) is 11.4. The largest absolute Gasteiger partial charge is 0.313 e. The number of thioether (sulfide) groups is 1. The van der Waals surface area contributed by atoms with E-state index < -0.39 is 0 Å². The van der Waals surface area contributed by atoms with Crippen molar-refractivity contribution in [2.75, 3.05) is 12.3 Å². The van der Waals surface area contributed by atoms with Gasteiger partial charge in [0.1, 0.15) is 0 Å². The minimum Gasteiger partial charge on any atom is -0.313 e. The van der Waals surface area contributed by atoms with Gasteiger partial charge in [0, 0.05) is 17.0 Å². The van der Waals surface area contributed by atoms with Crippen LogP contribution >= 0.6 is 11.8 Å². The van der Waals surface area contributed by atoms with Gasteiger partial charge >= 0.3 is 0 Å². The maximum absolute atomic E-state index is 3.73. The van der Waals surface area contributed by atoms with Crippen LogP contribution in [0.1, 0.15) is 52.9 Å². The van der Waals surface area contributed by atoms with Crippen molar-refractivity contribution >= 4 is 11.8 Å². The van der Waals surface area contributed by atoms with Gasteiger partial charge in [0.15, 0.2) is 0 Å². The Morgan fingerprint density at radius 3 is 2.53 bits per heavy atom. The van der Waals surface area contributed by atoms with E-state index >= 15 is 0 Å². The molecule has 15 heavy (non-hydrogen) atoms. The molecule has 0 aromatic heterocycles. The molecule has 90 valence electrons. The molecule has 0 aliphatic heterocycles. The molecule has 1 aliphatic rings. The highest BCUT2D eigenvalue weighted by Gasteiger charge is 2.26. The monoisotopic (exact) mass is 229 g/mol. The van der Waals surface area contributed by atoms with Gasteiger partial charge in [0.2, 0.25) is 0 Å². The topological polar surface area (TPSA) is 12.0 Å². The summed E-state index contributed by atoms with van der Waals surface area (Å²) < 4.78 is 0. The standard InChI is InChI=1S/C13H27NS/c1-4-9-14-13(12-7-6-8-12)10-15-11(3)5-2/h11-14H,4-10H2,1-3H3. The average Bonchev–Trinajstić information content (AvgIpc) is 2.18.